The largest absolute Gasteiger partial charge is 0.508 e. The number of phenolic OH excluding ortho intramolecular Hbond substituents is 1. The van der Waals surface area contributed by atoms with E-state index in [1.165, 1.54) is 11.3 Å². The van der Waals surface area contributed by atoms with E-state index >= 15 is 0 Å². The molecule has 5 heteroatoms. The van der Waals surface area contributed by atoms with E-state index in [1.807, 2.05) is 0 Å². The van der Waals surface area contributed by atoms with Gasteiger partial charge in [-0.25, -0.2) is 13.8 Å². The predicted octanol–water partition coefficient (Wildman–Crippen LogP) is 4.46. The first kappa shape index (κ1) is 12.7. The van der Waals surface area contributed by atoms with E-state index in [9.17, 15) is 13.9 Å². The Morgan fingerprint density at radius 2 is 1.90 bits per heavy atom. The molecule has 1 aromatic heterocycles. The predicted molar refractivity (Wildman–Crippen MR) is 74.6 cm³/mol. The first-order valence-electron chi connectivity index (χ1n) is 5.84. The number of aromatic nitrogens is 1. The number of phenols is 1. The summed E-state index contributed by atoms with van der Waals surface area (Å²) in [5.74, 6) is -0.886. The lowest BCUT2D eigenvalue weighted by Crippen LogP contribution is -1.86. The number of hydrogen-bond donors (Lipinski definition) is 1. The molecule has 100 valence electrons. The van der Waals surface area contributed by atoms with Crippen LogP contribution in [-0.2, 0) is 0 Å². The van der Waals surface area contributed by atoms with Gasteiger partial charge in [0.25, 0.3) is 0 Å². The zero-order valence-electron chi connectivity index (χ0n) is 10.2. The van der Waals surface area contributed by atoms with Crippen molar-refractivity contribution in [2.75, 3.05) is 0 Å². The molecular weight excluding hydrogens is 280 g/mol. The summed E-state index contributed by atoms with van der Waals surface area (Å²) >= 11 is 1.31. The number of nitrogens with zero attached hydrogens (tertiary/aromatic N) is 1. The molecule has 2 aromatic carbocycles. The lowest BCUT2D eigenvalue weighted by atomic mass is 10.1. The second kappa shape index (κ2) is 5.02. The normalized spacial score (nSPS) is 10.7. The summed E-state index contributed by atoms with van der Waals surface area (Å²) in [6.07, 6.45) is 0. The SMILES string of the molecule is Oc1cccc(-c2nc(-c3cc(F)ccc3F)cs2)c1. The summed E-state index contributed by atoms with van der Waals surface area (Å²) in [7, 11) is 0. The number of aromatic hydroxyl groups is 1. The topological polar surface area (TPSA) is 33.1 Å². The van der Waals surface area contributed by atoms with Crippen LogP contribution in [0.2, 0.25) is 0 Å². The van der Waals surface area contributed by atoms with Gasteiger partial charge in [-0.1, -0.05) is 12.1 Å². The molecule has 0 bridgehead atoms. The van der Waals surface area contributed by atoms with E-state index in [2.05, 4.69) is 4.98 Å². The Morgan fingerprint density at radius 3 is 2.70 bits per heavy atom. The molecule has 0 spiro atoms. The first-order valence-corrected chi connectivity index (χ1v) is 6.72. The maximum Gasteiger partial charge on any atom is 0.132 e. The van der Waals surface area contributed by atoms with E-state index in [0.29, 0.717) is 10.7 Å². The molecular formula is C15H9F2NOS. The van der Waals surface area contributed by atoms with Crippen molar-refractivity contribution in [3.8, 4) is 27.6 Å². The highest BCUT2D eigenvalue weighted by atomic mass is 32.1. The summed E-state index contributed by atoms with van der Waals surface area (Å²) in [5, 5.41) is 11.7. The molecule has 20 heavy (non-hydrogen) atoms. The quantitative estimate of drug-likeness (QED) is 0.755. The molecule has 0 atom stereocenters. The fraction of sp³-hybridized carbons (Fsp3) is 0. The van der Waals surface area contributed by atoms with Crippen molar-refractivity contribution >= 4 is 11.3 Å². The average molecular weight is 289 g/mol. The Labute approximate surface area is 118 Å². The van der Waals surface area contributed by atoms with Crippen LogP contribution in [0, 0.1) is 11.6 Å². The molecule has 0 saturated carbocycles. The molecule has 0 aliphatic carbocycles. The van der Waals surface area contributed by atoms with Gasteiger partial charge in [0.15, 0.2) is 0 Å². The minimum absolute atomic E-state index is 0.132. The van der Waals surface area contributed by atoms with Crippen molar-refractivity contribution < 1.29 is 13.9 Å². The maximum absolute atomic E-state index is 13.7. The van der Waals surface area contributed by atoms with Crippen LogP contribution >= 0.6 is 11.3 Å². The molecule has 3 rings (SSSR count). The van der Waals surface area contributed by atoms with Crippen molar-refractivity contribution in [1.82, 2.24) is 4.98 Å². The lowest BCUT2D eigenvalue weighted by Gasteiger charge is -2.00. The van der Waals surface area contributed by atoms with E-state index < -0.39 is 11.6 Å². The Kier molecular flexibility index (Phi) is 3.20. The third kappa shape index (κ3) is 2.40. The minimum atomic E-state index is -0.515. The second-order valence-corrected chi connectivity index (χ2v) is 5.07. The highest BCUT2D eigenvalue weighted by Gasteiger charge is 2.11. The molecule has 0 fully saturated rings. The molecule has 0 saturated heterocycles. The van der Waals surface area contributed by atoms with Gasteiger partial charge in [0.05, 0.1) is 5.69 Å². The summed E-state index contributed by atoms with van der Waals surface area (Å²) < 4.78 is 26.9. The van der Waals surface area contributed by atoms with Gasteiger partial charge in [0.1, 0.15) is 22.4 Å². The molecule has 0 radical (unpaired) electrons. The highest BCUT2D eigenvalue weighted by Crippen LogP contribution is 2.31. The fourth-order valence-corrected chi connectivity index (χ4v) is 2.68. The van der Waals surface area contributed by atoms with Crippen LogP contribution in [0.5, 0.6) is 5.75 Å². The summed E-state index contributed by atoms with van der Waals surface area (Å²) in [5.41, 5.74) is 1.25. The minimum Gasteiger partial charge on any atom is -0.508 e. The smallest absolute Gasteiger partial charge is 0.132 e. The third-order valence-corrected chi connectivity index (χ3v) is 3.69. The van der Waals surface area contributed by atoms with E-state index in [0.717, 1.165) is 23.8 Å². The lowest BCUT2D eigenvalue weighted by molar-refractivity contribution is 0.475. The van der Waals surface area contributed by atoms with Crippen LogP contribution < -0.4 is 0 Å². The molecule has 3 aromatic rings. The molecule has 0 aliphatic rings. The Morgan fingerprint density at radius 1 is 1.05 bits per heavy atom. The standard InChI is InChI=1S/C15H9F2NOS/c16-10-4-5-13(17)12(7-10)14-8-20-15(18-14)9-2-1-3-11(19)6-9/h1-8,19H. The van der Waals surface area contributed by atoms with Crippen LogP contribution in [0.1, 0.15) is 0 Å². The molecule has 2 nitrogen and oxygen atoms in total. The Balaban J connectivity index is 2.04. The molecule has 0 unspecified atom stereocenters. The number of benzene rings is 2. The van der Waals surface area contributed by atoms with Crippen molar-refractivity contribution in [2.45, 2.75) is 0 Å². The van der Waals surface area contributed by atoms with Crippen molar-refractivity contribution in [1.29, 1.82) is 0 Å². The van der Waals surface area contributed by atoms with Crippen LogP contribution in [0.4, 0.5) is 8.78 Å². The van der Waals surface area contributed by atoms with Crippen LogP contribution in [0.15, 0.2) is 47.8 Å². The van der Waals surface area contributed by atoms with E-state index in [-0.39, 0.29) is 11.3 Å². The van der Waals surface area contributed by atoms with Gasteiger partial charge in [-0.05, 0) is 30.3 Å². The number of hydrogen-bond acceptors (Lipinski definition) is 3. The van der Waals surface area contributed by atoms with Gasteiger partial charge in [0, 0.05) is 16.5 Å². The zero-order valence-corrected chi connectivity index (χ0v) is 11.0. The van der Waals surface area contributed by atoms with Gasteiger partial charge in [0.2, 0.25) is 0 Å². The molecule has 0 aliphatic heterocycles. The van der Waals surface area contributed by atoms with Crippen molar-refractivity contribution in [2.24, 2.45) is 0 Å². The second-order valence-electron chi connectivity index (χ2n) is 4.21. The average Bonchev–Trinajstić information content (AvgIpc) is 2.91. The fourth-order valence-electron chi connectivity index (χ4n) is 1.86. The Hall–Kier alpha value is -2.27. The van der Waals surface area contributed by atoms with E-state index in [4.69, 9.17) is 0 Å². The number of thiazole rings is 1. The third-order valence-electron chi connectivity index (χ3n) is 2.80. The number of rotatable bonds is 2. The first-order chi connectivity index (χ1) is 9.63. The van der Waals surface area contributed by atoms with Gasteiger partial charge >= 0.3 is 0 Å². The van der Waals surface area contributed by atoms with Gasteiger partial charge < -0.3 is 5.11 Å². The zero-order chi connectivity index (χ0) is 14.1. The summed E-state index contributed by atoms with van der Waals surface area (Å²) in [6, 6.07) is 9.91. The summed E-state index contributed by atoms with van der Waals surface area (Å²) in [4.78, 5) is 4.29. The molecule has 0 amide bonds. The maximum atomic E-state index is 13.7. The molecule has 1 heterocycles. The molecule has 1 N–H and O–H groups in total. The van der Waals surface area contributed by atoms with Crippen LogP contribution in [-0.4, -0.2) is 10.1 Å². The Bertz CT molecular complexity index is 770. The van der Waals surface area contributed by atoms with Gasteiger partial charge in [-0.15, -0.1) is 11.3 Å². The van der Waals surface area contributed by atoms with Crippen molar-refractivity contribution in [3.63, 3.8) is 0 Å². The van der Waals surface area contributed by atoms with Crippen LogP contribution in [0.3, 0.4) is 0 Å². The van der Waals surface area contributed by atoms with Gasteiger partial charge in [-0.3, -0.25) is 0 Å². The van der Waals surface area contributed by atoms with Gasteiger partial charge in [-0.2, -0.15) is 0 Å². The monoisotopic (exact) mass is 289 g/mol. The summed E-state index contributed by atoms with van der Waals surface area (Å²) in [6.45, 7) is 0. The van der Waals surface area contributed by atoms with E-state index in [1.54, 1.807) is 29.6 Å². The van der Waals surface area contributed by atoms with Crippen LogP contribution in [0.25, 0.3) is 21.8 Å². The highest BCUT2D eigenvalue weighted by molar-refractivity contribution is 7.13. The number of halogens is 2. The van der Waals surface area contributed by atoms with Crippen molar-refractivity contribution in [3.05, 3.63) is 59.5 Å².